The van der Waals surface area contributed by atoms with Crippen LogP contribution in [0.5, 0.6) is 0 Å². The topological polar surface area (TPSA) is 99.1 Å². The third-order valence-electron chi connectivity index (χ3n) is 2.19. The van der Waals surface area contributed by atoms with E-state index in [0.717, 1.165) is 5.56 Å². The van der Waals surface area contributed by atoms with Crippen molar-refractivity contribution in [3.63, 3.8) is 0 Å². The minimum absolute atomic E-state index is 0. The second-order valence-corrected chi connectivity index (χ2v) is 4.14. The zero-order valence-corrected chi connectivity index (χ0v) is 15.3. The van der Waals surface area contributed by atoms with Gasteiger partial charge in [0.1, 0.15) is 0 Å². The smallest absolute Gasteiger partial charge is 0.870 e. The van der Waals surface area contributed by atoms with Gasteiger partial charge in [0.2, 0.25) is 0 Å². The van der Waals surface area contributed by atoms with Crippen LogP contribution in [0.1, 0.15) is 21.5 Å². The number of carbonyl (C=O) groups is 1. The Balaban J connectivity index is -0.000000263. The van der Waals surface area contributed by atoms with Gasteiger partial charge in [0, 0.05) is 5.56 Å². The molecule has 0 aliphatic carbocycles. The molecule has 6 heteroatoms. The number of rotatable bonds is 1. The van der Waals surface area contributed by atoms with Crippen LogP contribution in [0.15, 0.2) is 54.6 Å². The Hall–Kier alpha value is -0.720. The van der Waals surface area contributed by atoms with Gasteiger partial charge in [0.15, 0.2) is 0 Å². The number of carbonyl (C=O) groups excluding carboxylic acids is 1. The summed E-state index contributed by atoms with van der Waals surface area (Å²) in [5, 5.41) is -0.399. The molecule has 21 heavy (non-hydrogen) atoms. The van der Waals surface area contributed by atoms with Crippen molar-refractivity contribution in [1.29, 1.82) is 0 Å². The Morgan fingerprint density at radius 1 is 0.905 bits per heavy atom. The van der Waals surface area contributed by atoms with E-state index in [2.05, 4.69) is 30.7 Å². The molecule has 0 heterocycles. The van der Waals surface area contributed by atoms with Crippen molar-refractivity contribution in [2.75, 3.05) is 0 Å². The van der Waals surface area contributed by atoms with E-state index in [1.165, 1.54) is 5.56 Å². The van der Waals surface area contributed by atoms with E-state index in [4.69, 9.17) is 11.6 Å². The summed E-state index contributed by atoms with van der Waals surface area (Å²) in [4.78, 5) is 10.6. The molecule has 0 unspecified atom stereocenters. The first-order chi connectivity index (χ1) is 9.09. The number of hydrogen-bond acceptors (Lipinski definition) is 4. The molecular formula is C15H20ClN2NaO2. The first-order valence-corrected chi connectivity index (χ1v) is 6.09. The quantitative estimate of drug-likeness (QED) is 0.335. The molecule has 5 N–H and O–H groups in total. The van der Waals surface area contributed by atoms with E-state index in [1.54, 1.807) is 12.1 Å². The van der Waals surface area contributed by atoms with Gasteiger partial charge in [-0.1, -0.05) is 59.7 Å². The summed E-state index contributed by atoms with van der Waals surface area (Å²) in [6.07, 6.45) is 0. The molecule has 0 bridgehead atoms. The van der Waals surface area contributed by atoms with E-state index in [9.17, 15) is 4.79 Å². The molecule has 4 nitrogen and oxygen atoms in total. The first kappa shape index (κ1) is 25.2. The van der Waals surface area contributed by atoms with Crippen LogP contribution < -0.4 is 41.2 Å². The molecular weight excluding hydrogens is 299 g/mol. The number of hydrogen-bond donors (Lipinski definition) is 2. The fourth-order valence-electron chi connectivity index (χ4n) is 1.30. The van der Waals surface area contributed by atoms with Gasteiger partial charge in [-0.3, -0.25) is 16.5 Å². The Bertz CT molecular complexity index is 496. The number of halogens is 1. The van der Waals surface area contributed by atoms with Gasteiger partial charge in [-0.25, -0.2) is 0 Å². The van der Waals surface area contributed by atoms with Crippen molar-refractivity contribution in [1.82, 2.24) is 0 Å². The molecule has 2 aromatic carbocycles. The number of nitrogens with two attached hydrogens (primary N) is 2. The summed E-state index contributed by atoms with van der Waals surface area (Å²) in [6, 6.07) is 17.4. The Morgan fingerprint density at radius 2 is 1.38 bits per heavy atom. The zero-order chi connectivity index (χ0) is 14.7. The van der Waals surface area contributed by atoms with Crippen LogP contribution in [0, 0.1) is 13.8 Å². The maximum atomic E-state index is 10.6. The number of aryl methyl sites for hydroxylation is 2. The monoisotopic (exact) mass is 318 g/mol. The normalized spacial score (nSPS) is 7.67. The van der Waals surface area contributed by atoms with E-state index in [-0.39, 0.29) is 35.0 Å². The summed E-state index contributed by atoms with van der Waals surface area (Å²) >= 11 is 5.24. The molecule has 110 valence electrons. The standard InChI is InChI=1S/C8H7ClO.C7H8.H4N2.Na.H2O/c1-6-3-2-4-7(5-6)8(9)10;1-7-5-3-2-4-6-7;1-2;;/h2-5H,1H3;2-6H,1H3;1-2H2;;1H2/q;;;+1;/p-1. The van der Waals surface area contributed by atoms with Crippen molar-refractivity contribution >= 4 is 16.8 Å². The van der Waals surface area contributed by atoms with Crippen molar-refractivity contribution in [2.45, 2.75) is 13.8 Å². The SMILES string of the molecule is Cc1cccc(C(=O)Cl)c1.Cc1ccccc1.NN.[Na+].[OH-]. The molecule has 0 aliphatic rings. The third-order valence-corrected chi connectivity index (χ3v) is 2.40. The molecule has 0 saturated carbocycles. The van der Waals surface area contributed by atoms with Crippen LogP contribution in [-0.2, 0) is 0 Å². The largest absolute Gasteiger partial charge is 1.00 e. The van der Waals surface area contributed by atoms with Gasteiger partial charge in [0.05, 0.1) is 0 Å². The molecule has 2 rings (SSSR count). The molecule has 0 saturated heterocycles. The molecule has 0 fully saturated rings. The van der Waals surface area contributed by atoms with Crippen LogP contribution >= 0.6 is 11.6 Å². The summed E-state index contributed by atoms with van der Waals surface area (Å²) < 4.78 is 0. The van der Waals surface area contributed by atoms with Crippen LogP contribution in [0.4, 0.5) is 0 Å². The van der Waals surface area contributed by atoms with Gasteiger partial charge in [-0.15, -0.1) is 0 Å². The van der Waals surface area contributed by atoms with Crippen LogP contribution in [0.25, 0.3) is 0 Å². The molecule has 0 radical (unpaired) electrons. The molecule has 0 aromatic heterocycles. The Morgan fingerprint density at radius 3 is 1.67 bits per heavy atom. The summed E-state index contributed by atoms with van der Waals surface area (Å²) in [5.41, 5.74) is 2.93. The zero-order valence-electron chi connectivity index (χ0n) is 12.6. The van der Waals surface area contributed by atoms with Crippen molar-refractivity contribution in [3.8, 4) is 0 Å². The van der Waals surface area contributed by atoms with E-state index >= 15 is 0 Å². The summed E-state index contributed by atoms with van der Waals surface area (Å²) in [6.45, 7) is 4.00. The Kier molecular flexibility index (Phi) is 18.8. The summed E-state index contributed by atoms with van der Waals surface area (Å²) in [7, 11) is 0. The van der Waals surface area contributed by atoms with Gasteiger partial charge in [0.25, 0.3) is 5.24 Å². The van der Waals surface area contributed by atoms with Crippen LogP contribution in [0.3, 0.4) is 0 Å². The second-order valence-electron chi connectivity index (χ2n) is 3.80. The predicted octanol–water partition coefficient (Wildman–Crippen LogP) is 0.0150. The van der Waals surface area contributed by atoms with E-state index in [0.29, 0.717) is 5.56 Å². The van der Waals surface area contributed by atoms with Gasteiger partial charge >= 0.3 is 29.6 Å². The maximum absolute atomic E-state index is 10.6. The van der Waals surface area contributed by atoms with E-state index < -0.39 is 5.24 Å². The average Bonchev–Trinajstić information content (AvgIpc) is 2.42. The molecule has 2 aromatic rings. The van der Waals surface area contributed by atoms with Gasteiger partial charge in [-0.2, -0.15) is 0 Å². The van der Waals surface area contributed by atoms with Crippen LogP contribution in [0.2, 0.25) is 0 Å². The second kappa shape index (κ2) is 15.7. The molecule has 0 atom stereocenters. The number of benzene rings is 2. The minimum atomic E-state index is -0.399. The minimum Gasteiger partial charge on any atom is -0.870 e. The molecule has 0 spiro atoms. The van der Waals surface area contributed by atoms with Crippen molar-refractivity contribution in [2.24, 2.45) is 11.7 Å². The number of hydrazine groups is 1. The molecule has 0 aliphatic heterocycles. The third kappa shape index (κ3) is 12.7. The Labute approximate surface area is 153 Å². The first-order valence-electron chi connectivity index (χ1n) is 5.71. The van der Waals surface area contributed by atoms with E-state index in [1.807, 2.05) is 37.3 Å². The van der Waals surface area contributed by atoms with Gasteiger partial charge in [-0.05, 0) is 31.5 Å². The van der Waals surface area contributed by atoms with Crippen molar-refractivity contribution < 1.29 is 39.8 Å². The fourth-order valence-corrected chi connectivity index (χ4v) is 1.42. The maximum Gasteiger partial charge on any atom is 1.00 e. The van der Waals surface area contributed by atoms with Crippen LogP contribution in [-0.4, -0.2) is 10.7 Å². The van der Waals surface area contributed by atoms with Crippen molar-refractivity contribution in [3.05, 3.63) is 71.3 Å². The summed E-state index contributed by atoms with van der Waals surface area (Å²) in [5.74, 6) is 8.00. The average molecular weight is 319 g/mol. The van der Waals surface area contributed by atoms with Gasteiger partial charge < -0.3 is 5.48 Å². The predicted molar refractivity (Wildman–Crippen MR) is 82.9 cm³/mol. The fraction of sp³-hybridized carbons (Fsp3) is 0.133. The molecule has 0 amide bonds.